The van der Waals surface area contributed by atoms with Gasteiger partial charge in [0, 0.05) is 6.04 Å². The first-order chi connectivity index (χ1) is 7.61. The number of hydrogen-bond donors (Lipinski definition) is 0. The number of rotatable bonds is 2. The lowest BCUT2D eigenvalue weighted by Crippen LogP contribution is -2.17. The lowest BCUT2D eigenvalue weighted by atomic mass is 10.2. The average Bonchev–Trinajstić information content (AvgIpc) is 2.61. The van der Waals surface area contributed by atoms with Crippen molar-refractivity contribution in [1.29, 1.82) is 0 Å². The second-order valence-corrected chi connectivity index (χ2v) is 3.72. The van der Waals surface area contributed by atoms with Gasteiger partial charge in [0.1, 0.15) is 5.82 Å². The normalized spacial score (nSPS) is 11.0. The van der Waals surface area contributed by atoms with Gasteiger partial charge in [0.2, 0.25) is 0 Å². The van der Waals surface area contributed by atoms with Crippen LogP contribution in [-0.2, 0) is 0 Å². The van der Waals surface area contributed by atoms with Gasteiger partial charge in [-0.05, 0) is 26.0 Å². The van der Waals surface area contributed by atoms with Crippen LogP contribution >= 0.6 is 0 Å². The van der Waals surface area contributed by atoms with Crippen molar-refractivity contribution in [3.8, 4) is 11.4 Å². The maximum atomic E-state index is 13.5. The Morgan fingerprint density at radius 2 is 2.06 bits per heavy atom. The van der Waals surface area contributed by atoms with Crippen molar-refractivity contribution in [3.63, 3.8) is 0 Å². The molecule has 0 saturated carbocycles. The minimum absolute atomic E-state index is 0.131. The van der Waals surface area contributed by atoms with E-state index in [2.05, 4.69) is 9.68 Å². The van der Waals surface area contributed by atoms with Gasteiger partial charge in [-0.3, -0.25) is 9.09 Å². The highest BCUT2D eigenvalue weighted by atomic mass is 19.1. The minimum atomic E-state index is -0.576. The number of benzene rings is 1. The van der Waals surface area contributed by atoms with Crippen LogP contribution in [0.3, 0.4) is 0 Å². The highest BCUT2D eigenvalue weighted by Gasteiger charge is 2.17. The minimum Gasteiger partial charge on any atom is -0.295 e. The van der Waals surface area contributed by atoms with E-state index in [0.717, 1.165) is 0 Å². The zero-order chi connectivity index (χ0) is 11.7. The van der Waals surface area contributed by atoms with Crippen LogP contribution in [0.2, 0.25) is 0 Å². The van der Waals surface area contributed by atoms with Crippen molar-refractivity contribution in [2.45, 2.75) is 19.9 Å². The third kappa shape index (κ3) is 1.64. The van der Waals surface area contributed by atoms with Gasteiger partial charge in [0.25, 0.3) is 0 Å². The summed E-state index contributed by atoms with van der Waals surface area (Å²) in [6, 6.07) is 6.01. The SMILES string of the molecule is CC(C)n1c(-c2ccccc2F)noc1=O. The highest BCUT2D eigenvalue weighted by Crippen LogP contribution is 2.21. The number of aromatic nitrogens is 2. The zero-order valence-corrected chi connectivity index (χ0v) is 8.98. The summed E-state index contributed by atoms with van der Waals surface area (Å²) >= 11 is 0. The Kier molecular flexibility index (Phi) is 2.60. The van der Waals surface area contributed by atoms with Gasteiger partial charge in [0.15, 0.2) is 5.82 Å². The summed E-state index contributed by atoms with van der Waals surface area (Å²) in [5.41, 5.74) is 0.266. The first-order valence-corrected chi connectivity index (χ1v) is 4.94. The van der Waals surface area contributed by atoms with Crippen LogP contribution in [0.1, 0.15) is 19.9 Å². The topological polar surface area (TPSA) is 48.0 Å². The smallest absolute Gasteiger partial charge is 0.295 e. The van der Waals surface area contributed by atoms with Gasteiger partial charge in [-0.2, -0.15) is 0 Å². The Labute approximate surface area is 91.3 Å². The Balaban J connectivity index is 2.66. The molecule has 0 aliphatic carbocycles. The molecule has 0 spiro atoms. The van der Waals surface area contributed by atoms with Gasteiger partial charge < -0.3 is 0 Å². The Morgan fingerprint density at radius 1 is 1.38 bits per heavy atom. The molecule has 4 nitrogen and oxygen atoms in total. The van der Waals surface area contributed by atoms with E-state index >= 15 is 0 Å². The summed E-state index contributed by atoms with van der Waals surface area (Å²) in [6.45, 7) is 3.62. The molecule has 0 unspecified atom stereocenters. The van der Waals surface area contributed by atoms with Gasteiger partial charge in [-0.15, -0.1) is 0 Å². The predicted octanol–water partition coefficient (Wildman–Crippen LogP) is 2.22. The quantitative estimate of drug-likeness (QED) is 0.782. The standard InChI is InChI=1S/C11H11FN2O2/c1-7(2)14-10(13-16-11(14)15)8-5-3-4-6-9(8)12/h3-7H,1-2H3. The third-order valence-electron chi connectivity index (χ3n) is 2.27. The van der Waals surface area contributed by atoms with Crippen molar-refractivity contribution in [3.05, 3.63) is 40.6 Å². The number of halogens is 1. The largest absolute Gasteiger partial charge is 0.442 e. The maximum absolute atomic E-state index is 13.5. The van der Waals surface area contributed by atoms with Crippen molar-refractivity contribution >= 4 is 0 Å². The fourth-order valence-corrected chi connectivity index (χ4v) is 1.53. The summed E-state index contributed by atoms with van der Waals surface area (Å²) < 4.78 is 19.4. The first-order valence-electron chi connectivity index (χ1n) is 4.94. The molecule has 84 valence electrons. The zero-order valence-electron chi connectivity index (χ0n) is 8.98. The highest BCUT2D eigenvalue weighted by molar-refractivity contribution is 5.55. The molecule has 0 saturated heterocycles. The molecule has 0 amide bonds. The van der Waals surface area contributed by atoms with Gasteiger partial charge in [-0.25, -0.2) is 9.18 Å². The van der Waals surface area contributed by atoms with Crippen molar-refractivity contribution in [2.75, 3.05) is 0 Å². The van der Waals surface area contributed by atoms with E-state index in [-0.39, 0.29) is 17.4 Å². The average molecular weight is 222 g/mol. The third-order valence-corrected chi connectivity index (χ3v) is 2.27. The summed E-state index contributed by atoms with van der Waals surface area (Å²) in [5, 5.41) is 3.60. The fraction of sp³-hybridized carbons (Fsp3) is 0.273. The maximum Gasteiger partial charge on any atom is 0.442 e. The lowest BCUT2D eigenvalue weighted by molar-refractivity contribution is 0.370. The lowest BCUT2D eigenvalue weighted by Gasteiger charge is -2.07. The van der Waals surface area contributed by atoms with E-state index in [1.807, 2.05) is 13.8 Å². The molecule has 1 aromatic carbocycles. The van der Waals surface area contributed by atoms with E-state index in [4.69, 9.17) is 0 Å². The fourth-order valence-electron chi connectivity index (χ4n) is 1.53. The summed E-state index contributed by atoms with van der Waals surface area (Å²) in [5.74, 6) is -0.781. The second kappa shape index (κ2) is 3.92. The number of nitrogens with zero attached hydrogens (tertiary/aromatic N) is 2. The summed E-state index contributed by atoms with van der Waals surface area (Å²) in [4.78, 5) is 11.4. The van der Waals surface area contributed by atoms with Crippen LogP contribution in [0.15, 0.2) is 33.6 Å². The van der Waals surface area contributed by atoms with Crippen LogP contribution in [0.25, 0.3) is 11.4 Å². The van der Waals surface area contributed by atoms with Crippen molar-refractivity contribution < 1.29 is 8.91 Å². The Bertz CT molecular complexity index is 557. The number of hydrogen-bond acceptors (Lipinski definition) is 3. The monoisotopic (exact) mass is 222 g/mol. The van der Waals surface area contributed by atoms with Crippen LogP contribution in [0.4, 0.5) is 4.39 Å². The molecule has 0 bridgehead atoms. The van der Waals surface area contributed by atoms with E-state index < -0.39 is 11.6 Å². The van der Waals surface area contributed by atoms with Gasteiger partial charge >= 0.3 is 5.76 Å². The van der Waals surface area contributed by atoms with Crippen molar-refractivity contribution in [2.24, 2.45) is 0 Å². The predicted molar refractivity (Wildman–Crippen MR) is 56.5 cm³/mol. The Morgan fingerprint density at radius 3 is 2.69 bits per heavy atom. The first kappa shape index (κ1) is 10.6. The molecule has 1 heterocycles. The Hall–Kier alpha value is -1.91. The molecule has 0 radical (unpaired) electrons. The van der Waals surface area contributed by atoms with E-state index in [1.165, 1.54) is 10.6 Å². The van der Waals surface area contributed by atoms with Gasteiger partial charge in [-0.1, -0.05) is 17.3 Å². The molecule has 2 rings (SSSR count). The molecule has 0 N–H and O–H groups in total. The van der Waals surface area contributed by atoms with Crippen LogP contribution in [0, 0.1) is 5.82 Å². The molecule has 2 aromatic rings. The van der Waals surface area contributed by atoms with E-state index in [1.54, 1.807) is 18.2 Å². The molecule has 0 atom stereocenters. The van der Waals surface area contributed by atoms with Crippen LogP contribution < -0.4 is 5.76 Å². The molecule has 0 aliphatic heterocycles. The van der Waals surface area contributed by atoms with E-state index in [0.29, 0.717) is 0 Å². The van der Waals surface area contributed by atoms with E-state index in [9.17, 15) is 9.18 Å². The molecule has 16 heavy (non-hydrogen) atoms. The molecular weight excluding hydrogens is 211 g/mol. The van der Waals surface area contributed by atoms with Crippen LogP contribution in [-0.4, -0.2) is 9.72 Å². The molecule has 0 fully saturated rings. The summed E-state index contributed by atoms with van der Waals surface area (Å²) in [7, 11) is 0. The molecular formula is C11H11FN2O2. The van der Waals surface area contributed by atoms with Crippen LogP contribution in [0.5, 0.6) is 0 Å². The summed E-state index contributed by atoms with van der Waals surface area (Å²) in [6.07, 6.45) is 0. The molecule has 0 aliphatic rings. The molecule has 5 heteroatoms. The van der Waals surface area contributed by atoms with Crippen molar-refractivity contribution in [1.82, 2.24) is 9.72 Å². The second-order valence-electron chi connectivity index (χ2n) is 3.72. The van der Waals surface area contributed by atoms with Gasteiger partial charge in [0.05, 0.1) is 5.56 Å². The molecule has 1 aromatic heterocycles.